The maximum absolute atomic E-state index is 12.3. The van der Waals surface area contributed by atoms with Gasteiger partial charge in [-0.25, -0.2) is 13.1 Å². The van der Waals surface area contributed by atoms with Gasteiger partial charge >= 0.3 is 0 Å². The van der Waals surface area contributed by atoms with Crippen LogP contribution in [0.3, 0.4) is 0 Å². The Morgan fingerprint density at radius 3 is 2.76 bits per heavy atom. The SMILES string of the molecule is CC(NS(=O)(=O)c1ccc2c(c1)OCCO2)c1nn[nH]n1. The normalized spacial score (nSPS) is 15.7. The molecule has 1 aliphatic rings. The first kappa shape index (κ1) is 13.8. The van der Waals surface area contributed by atoms with Crippen molar-refractivity contribution in [1.82, 2.24) is 25.3 Å². The van der Waals surface area contributed by atoms with Crippen LogP contribution in [0.1, 0.15) is 18.8 Å². The molecular formula is C11H13N5O4S. The molecule has 112 valence electrons. The van der Waals surface area contributed by atoms with Crippen molar-refractivity contribution in [2.45, 2.75) is 17.9 Å². The highest BCUT2D eigenvalue weighted by molar-refractivity contribution is 7.89. The van der Waals surface area contributed by atoms with Crippen LogP contribution in [0.15, 0.2) is 23.1 Å². The lowest BCUT2D eigenvalue weighted by Crippen LogP contribution is -2.28. The summed E-state index contributed by atoms with van der Waals surface area (Å²) < 4.78 is 37.9. The molecular weight excluding hydrogens is 298 g/mol. The van der Waals surface area contributed by atoms with E-state index in [-0.39, 0.29) is 10.7 Å². The van der Waals surface area contributed by atoms with Crippen LogP contribution in [0.25, 0.3) is 0 Å². The highest BCUT2D eigenvalue weighted by Crippen LogP contribution is 2.32. The summed E-state index contributed by atoms with van der Waals surface area (Å²) in [4.78, 5) is 0.0853. The number of aromatic amines is 1. The van der Waals surface area contributed by atoms with E-state index < -0.39 is 16.1 Å². The van der Waals surface area contributed by atoms with E-state index in [2.05, 4.69) is 25.3 Å². The van der Waals surface area contributed by atoms with Crippen molar-refractivity contribution in [3.8, 4) is 11.5 Å². The zero-order valence-electron chi connectivity index (χ0n) is 11.1. The Morgan fingerprint density at radius 1 is 1.29 bits per heavy atom. The second kappa shape index (κ2) is 5.30. The largest absolute Gasteiger partial charge is 0.486 e. The molecule has 1 aromatic heterocycles. The van der Waals surface area contributed by atoms with Crippen LogP contribution >= 0.6 is 0 Å². The van der Waals surface area contributed by atoms with Crippen molar-refractivity contribution in [1.29, 1.82) is 0 Å². The predicted octanol–water partition coefficient (Wildman–Crippen LogP) is 0.0104. The molecule has 21 heavy (non-hydrogen) atoms. The van der Waals surface area contributed by atoms with Crippen molar-refractivity contribution in [2.75, 3.05) is 13.2 Å². The van der Waals surface area contributed by atoms with Gasteiger partial charge in [0, 0.05) is 6.07 Å². The van der Waals surface area contributed by atoms with Gasteiger partial charge in [-0.1, -0.05) is 5.21 Å². The van der Waals surface area contributed by atoms with Gasteiger partial charge in [-0.05, 0) is 19.1 Å². The summed E-state index contributed by atoms with van der Waals surface area (Å²) in [6.07, 6.45) is 0. The summed E-state index contributed by atoms with van der Waals surface area (Å²) in [7, 11) is -3.73. The van der Waals surface area contributed by atoms with Gasteiger partial charge in [-0.2, -0.15) is 5.21 Å². The molecule has 1 aliphatic heterocycles. The second-order valence-electron chi connectivity index (χ2n) is 4.42. The topological polar surface area (TPSA) is 119 Å². The molecule has 0 fully saturated rings. The number of tetrazole rings is 1. The zero-order valence-corrected chi connectivity index (χ0v) is 11.9. The van der Waals surface area contributed by atoms with Gasteiger partial charge in [0.15, 0.2) is 17.3 Å². The minimum absolute atomic E-state index is 0.0853. The standard InChI is InChI=1S/C11H13N5O4S/c1-7(11-12-15-16-13-11)14-21(17,18)8-2-3-9-10(6-8)20-5-4-19-9/h2-3,6-7,14H,4-5H2,1H3,(H,12,13,15,16). The van der Waals surface area contributed by atoms with Gasteiger partial charge in [0.25, 0.3) is 0 Å². The number of hydrogen-bond donors (Lipinski definition) is 2. The Labute approximate surface area is 120 Å². The molecule has 1 aromatic carbocycles. The minimum Gasteiger partial charge on any atom is -0.486 e. The highest BCUT2D eigenvalue weighted by atomic mass is 32.2. The maximum Gasteiger partial charge on any atom is 0.241 e. The lowest BCUT2D eigenvalue weighted by molar-refractivity contribution is 0.171. The second-order valence-corrected chi connectivity index (χ2v) is 6.13. The molecule has 9 nitrogen and oxygen atoms in total. The molecule has 2 N–H and O–H groups in total. The number of benzene rings is 1. The molecule has 2 aromatic rings. The average molecular weight is 311 g/mol. The summed E-state index contributed by atoms with van der Waals surface area (Å²) in [6.45, 7) is 2.47. The smallest absolute Gasteiger partial charge is 0.241 e. The molecule has 10 heteroatoms. The number of nitrogens with zero attached hydrogens (tertiary/aromatic N) is 3. The third-order valence-corrected chi connectivity index (χ3v) is 4.44. The minimum atomic E-state index is -3.73. The van der Waals surface area contributed by atoms with E-state index in [9.17, 15) is 8.42 Å². The van der Waals surface area contributed by atoms with Gasteiger partial charge in [-0.3, -0.25) is 0 Å². The summed E-state index contributed by atoms with van der Waals surface area (Å²) in [5.74, 6) is 1.21. The van der Waals surface area contributed by atoms with E-state index in [1.807, 2.05) is 0 Å². The summed E-state index contributed by atoms with van der Waals surface area (Å²) in [6, 6.07) is 3.85. The first-order chi connectivity index (χ1) is 10.1. The number of fused-ring (bicyclic) bond motifs is 1. The fourth-order valence-electron chi connectivity index (χ4n) is 1.90. The van der Waals surface area contributed by atoms with Crippen LogP contribution in [0.4, 0.5) is 0 Å². The molecule has 0 spiro atoms. The van der Waals surface area contributed by atoms with Gasteiger partial charge in [0.1, 0.15) is 13.2 Å². The summed E-state index contributed by atoms with van der Waals surface area (Å²) >= 11 is 0. The zero-order chi connectivity index (χ0) is 14.9. The first-order valence-corrected chi connectivity index (χ1v) is 7.70. The Bertz CT molecular complexity index is 731. The Hall–Kier alpha value is -2.20. The molecule has 0 radical (unpaired) electrons. The Kier molecular flexibility index (Phi) is 3.47. The molecule has 0 bridgehead atoms. The fourth-order valence-corrected chi connectivity index (χ4v) is 3.11. The van der Waals surface area contributed by atoms with Crippen LogP contribution < -0.4 is 14.2 Å². The van der Waals surface area contributed by atoms with Crippen molar-refractivity contribution < 1.29 is 17.9 Å². The van der Waals surface area contributed by atoms with Crippen LogP contribution in [-0.4, -0.2) is 42.3 Å². The molecule has 0 amide bonds. The van der Waals surface area contributed by atoms with Crippen LogP contribution in [0, 0.1) is 0 Å². The number of sulfonamides is 1. The highest BCUT2D eigenvalue weighted by Gasteiger charge is 2.23. The number of rotatable bonds is 4. The third kappa shape index (κ3) is 2.81. The molecule has 3 rings (SSSR count). The molecule has 1 unspecified atom stereocenters. The van der Waals surface area contributed by atoms with Gasteiger partial charge in [0.05, 0.1) is 10.9 Å². The van der Waals surface area contributed by atoms with Crippen molar-refractivity contribution >= 4 is 10.0 Å². The first-order valence-electron chi connectivity index (χ1n) is 6.21. The van der Waals surface area contributed by atoms with Crippen LogP contribution in [-0.2, 0) is 10.0 Å². The summed E-state index contributed by atoms with van der Waals surface area (Å²) in [5, 5.41) is 13.2. The average Bonchev–Trinajstić information content (AvgIpc) is 3.00. The van der Waals surface area contributed by atoms with E-state index in [1.54, 1.807) is 13.0 Å². The van der Waals surface area contributed by atoms with Gasteiger partial charge in [0.2, 0.25) is 10.0 Å². The van der Waals surface area contributed by atoms with Crippen molar-refractivity contribution in [3.05, 3.63) is 24.0 Å². The van der Waals surface area contributed by atoms with Crippen LogP contribution in [0.2, 0.25) is 0 Å². The van der Waals surface area contributed by atoms with E-state index in [0.717, 1.165) is 0 Å². The lowest BCUT2D eigenvalue weighted by Gasteiger charge is -2.19. The fraction of sp³-hybridized carbons (Fsp3) is 0.364. The predicted molar refractivity (Wildman–Crippen MR) is 70.3 cm³/mol. The van der Waals surface area contributed by atoms with E-state index in [0.29, 0.717) is 24.7 Å². The number of H-pyrrole nitrogens is 1. The monoisotopic (exact) mass is 311 g/mol. The lowest BCUT2D eigenvalue weighted by atomic mass is 10.3. The number of nitrogens with one attached hydrogen (secondary N) is 2. The van der Waals surface area contributed by atoms with Gasteiger partial charge < -0.3 is 9.47 Å². The van der Waals surface area contributed by atoms with Crippen molar-refractivity contribution in [3.63, 3.8) is 0 Å². The molecule has 0 aliphatic carbocycles. The van der Waals surface area contributed by atoms with Crippen molar-refractivity contribution in [2.24, 2.45) is 0 Å². The quantitative estimate of drug-likeness (QED) is 0.816. The van der Waals surface area contributed by atoms with Gasteiger partial charge in [-0.15, -0.1) is 10.2 Å². The summed E-state index contributed by atoms with van der Waals surface area (Å²) in [5.41, 5.74) is 0. The third-order valence-electron chi connectivity index (χ3n) is 2.90. The van der Waals surface area contributed by atoms with E-state index in [1.165, 1.54) is 12.1 Å². The molecule has 2 heterocycles. The molecule has 1 atom stereocenters. The number of aromatic nitrogens is 4. The Balaban J connectivity index is 1.84. The van der Waals surface area contributed by atoms with E-state index in [4.69, 9.17) is 9.47 Å². The van der Waals surface area contributed by atoms with Crippen LogP contribution in [0.5, 0.6) is 11.5 Å². The molecule has 0 saturated carbocycles. The maximum atomic E-state index is 12.3. The molecule has 0 saturated heterocycles. The van der Waals surface area contributed by atoms with E-state index >= 15 is 0 Å². The Morgan fingerprint density at radius 2 is 2.05 bits per heavy atom. The number of hydrogen-bond acceptors (Lipinski definition) is 7. The number of ether oxygens (including phenoxy) is 2.